The molecule has 0 saturated carbocycles. The number of imide groups is 1. The van der Waals surface area contributed by atoms with Crippen molar-refractivity contribution in [1.29, 1.82) is 0 Å². The highest BCUT2D eigenvalue weighted by molar-refractivity contribution is 6.01. The molecule has 2 amide bonds. The van der Waals surface area contributed by atoms with Crippen molar-refractivity contribution in [1.82, 2.24) is 10.2 Å². The quantitative estimate of drug-likeness (QED) is 0.158. The van der Waals surface area contributed by atoms with Gasteiger partial charge in [0, 0.05) is 43.3 Å². The summed E-state index contributed by atoms with van der Waals surface area (Å²) in [4.78, 5) is 28.7. The number of carbonyl (C=O) groups excluding carboxylic acids is 2. The number of likely N-dealkylation sites (tertiary alicyclic amines) is 1. The van der Waals surface area contributed by atoms with Gasteiger partial charge >= 0.3 is 0 Å². The molecule has 1 unspecified atom stereocenters. The smallest absolute Gasteiger partial charge is 0.249 e. The first-order valence-corrected chi connectivity index (χ1v) is 20.8. The Morgan fingerprint density at radius 1 is 0.821 bits per heavy atom. The molecule has 292 valence electrons. The third-order valence-corrected chi connectivity index (χ3v) is 13.5. The normalized spacial score (nSPS) is 25.6. The Balaban J connectivity index is 0.766. The van der Waals surface area contributed by atoms with Gasteiger partial charge in [-0.05, 0) is 146 Å². The first-order chi connectivity index (χ1) is 27.3. The monoisotopic (exact) mass is 756 g/mol. The minimum Gasteiger partial charge on any atom is -0.508 e. The zero-order valence-corrected chi connectivity index (χ0v) is 32.1. The van der Waals surface area contributed by atoms with Gasteiger partial charge in [0.05, 0.1) is 12.2 Å². The second-order valence-electron chi connectivity index (χ2n) is 17.0. The van der Waals surface area contributed by atoms with Crippen molar-refractivity contribution < 1.29 is 23.8 Å². The maximum Gasteiger partial charge on any atom is 0.249 e. The van der Waals surface area contributed by atoms with E-state index in [-0.39, 0.29) is 41.5 Å². The van der Waals surface area contributed by atoms with Gasteiger partial charge in [-0.15, -0.1) is 0 Å². The number of carbonyl (C=O) groups is 2. The molecule has 4 aromatic carbocycles. The highest BCUT2D eigenvalue weighted by Crippen LogP contribution is 2.47. The molecule has 1 aliphatic carbocycles. The van der Waals surface area contributed by atoms with Crippen LogP contribution in [0.15, 0.2) is 91.0 Å². The lowest BCUT2D eigenvalue weighted by Gasteiger charge is -2.40. The van der Waals surface area contributed by atoms with Crippen LogP contribution in [-0.2, 0) is 20.7 Å². The predicted octanol–water partition coefficient (Wildman–Crippen LogP) is 7.87. The van der Waals surface area contributed by atoms with Crippen LogP contribution >= 0.6 is 0 Å². The second-order valence-corrected chi connectivity index (χ2v) is 17.0. The Bertz CT molecular complexity index is 2040. The number of rotatable bonds is 8. The van der Waals surface area contributed by atoms with Crippen LogP contribution in [0.3, 0.4) is 0 Å². The Labute approximate surface area is 329 Å². The first-order valence-electron chi connectivity index (χ1n) is 20.8. The van der Waals surface area contributed by atoms with Crippen LogP contribution in [0.1, 0.15) is 96.9 Å². The average Bonchev–Trinajstić information content (AvgIpc) is 3.60. The lowest BCUT2D eigenvalue weighted by atomic mass is 9.69. The lowest BCUT2D eigenvalue weighted by molar-refractivity contribution is -0.133. The SMILES string of the molecule is O=C1CC[C@@H](Nc2ccc(C3CCN(CC4COC5(CCN(c6ccc([C@H]7c8ccc(O)cc8CC[C@H]7c7ccccc7)cc6)CC5)C4)CC3)c(F)c2)C(=O)N1. The molecular weight excluding hydrogens is 704 g/mol. The highest BCUT2D eigenvalue weighted by Gasteiger charge is 2.43. The van der Waals surface area contributed by atoms with Gasteiger partial charge in [0.15, 0.2) is 0 Å². The molecule has 3 N–H and O–H groups in total. The number of aryl methyl sites for hydroxylation is 1. The number of phenolic OH excluding ortho intramolecular Hbond substituents is 1. The van der Waals surface area contributed by atoms with E-state index in [1.54, 1.807) is 0 Å². The molecule has 1 spiro atoms. The number of hydrogen-bond acceptors (Lipinski definition) is 7. The van der Waals surface area contributed by atoms with Crippen molar-refractivity contribution >= 4 is 23.2 Å². The minimum atomic E-state index is -0.525. The van der Waals surface area contributed by atoms with Crippen molar-refractivity contribution in [2.45, 2.75) is 87.2 Å². The summed E-state index contributed by atoms with van der Waals surface area (Å²) >= 11 is 0. The van der Waals surface area contributed by atoms with E-state index >= 15 is 4.39 Å². The van der Waals surface area contributed by atoms with E-state index < -0.39 is 6.04 Å². The molecule has 4 atom stereocenters. The third kappa shape index (κ3) is 7.68. The van der Waals surface area contributed by atoms with Crippen LogP contribution in [0.25, 0.3) is 0 Å². The Morgan fingerprint density at radius 2 is 1.59 bits per heavy atom. The fourth-order valence-electron chi connectivity index (χ4n) is 10.5. The topological polar surface area (TPSA) is 94.1 Å². The van der Waals surface area contributed by atoms with Gasteiger partial charge in [0.2, 0.25) is 11.8 Å². The van der Waals surface area contributed by atoms with Gasteiger partial charge < -0.3 is 25.0 Å². The van der Waals surface area contributed by atoms with Gasteiger partial charge in [0.25, 0.3) is 0 Å². The Morgan fingerprint density at radius 3 is 2.34 bits per heavy atom. The fourth-order valence-corrected chi connectivity index (χ4v) is 10.5. The number of hydrogen-bond donors (Lipinski definition) is 3. The summed E-state index contributed by atoms with van der Waals surface area (Å²) in [5.74, 6) is 0.837. The molecule has 0 radical (unpaired) electrons. The number of ether oxygens (including phenoxy) is 1. The lowest BCUT2D eigenvalue weighted by Crippen LogP contribution is -2.47. The molecule has 0 bridgehead atoms. The van der Waals surface area contributed by atoms with Crippen LogP contribution in [0.5, 0.6) is 5.75 Å². The highest BCUT2D eigenvalue weighted by atomic mass is 19.1. The van der Waals surface area contributed by atoms with Crippen molar-refractivity contribution in [3.05, 3.63) is 125 Å². The number of nitrogens with one attached hydrogen (secondary N) is 2. The van der Waals surface area contributed by atoms with Gasteiger partial charge in [-0.1, -0.05) is 54.6 Å². The number of fused-ring (bicyclic) bond motifs is 1. The van der Waals surface area contributed by atoms with Crippen LogP contribution < -0.4 is 15.5 Å². The van der Waals surface area contributed by atoms with Gasteiger partial charge in [0.1, 0.15) is 17.6 Å². The van der Waals surface area contributed by atoms with Crippen LogP contribution in [0.4, 0.5) is 15.8 Å². The molecule has 4 heterocycles. The van der Waals surface area contributed by atoms with Crippen molar-refractivity contribution in [2.24, 2.45) is 5.92 Å². The number of aromatic hydroxyl groups is 1. The number of anilines is 2. The number of phenols is 1. The number of halogens is 1. The second kappa shape index (κ2) is 15.7. The molecule has 56 heavy (non-hydrogen) atoms. The van der Waals surface area contributed by atoms with Crippen LogP contribution in [0.2, 0.25) is 0 Å². The molecule has 9 heteroatoms. The van der Waals surface area contributed by atoms with E-state index in [1.807, 2.05) is 24.3 Å². The summed E-state index contributed by atoms with van der Waals surface area (Å²) in [7, 11) is 0. The van der Waals surface area contributed by atoms with E-state index in [2.05, 4.69) is 81.1 Å². The Kier molecular flexibility index (Phi) is 10.3. The maximum absolute atomic E-state index is 15.3. The van der Waals surface area contributed by atoms with E-state index in [4.69, 9.17) is 4.74 Å². The number of piperidine rings is 3. The molecule has 4 fully saturated rings. The zero-order valence-electron chi connectivity index (χ0n) is 32.1. The van der Waals surface area contributed by atoms with Crippen molar-refractivity contribution in [3.8, 4) is 5.75 Å². The number of amides is 2. The number of benzene rings is 4. The summed E-state index contributed by atoms with van der Waals surface area (Å²) in [6.07, 6.45) is 7.76. The molecule has 9 rings (SSSR count). The largest absolute Gasteiger partial charge is 0.508 e. The van der Waals surface area contributed by atoms with E-state index in [0.29, 0.717) is 29.7 Å². The van der Waals surface area contributed by atoms with E-state index in [0.717, 1.165) is 89.8 Å². The molecule has 5 aliphatic rings. The van der Waals surface area contributed by atoms with Gasteiger partial charge in [-0.25, -0.2) is 4.39 Å². The van der Waals surface area contributed by atoms with Crippen molar-refractivity contribution in [2.75, 3.05) is 49.5 Å². The summed E-state index contributed by atoms with van der Waals surface area (Å²) in [6.45, 7) is 5.73. The first kappa shape index (κ1) is 36.9. The molecule has 8 nitrogen and oxygen atoms in total. The van der Waals surface area contributed by atoms with Crippen molar-refractivity contribution in [3.63, 3.8) is 0 Å². The minimum absolute atomic E-state index is 0.0353. The molecule has 4 aromatic rings. The average molecular weight is 757 g/mol. The zero-order chi connectivity index (χ0) is 38.2. The van der Waals surface area contributed by atoms with E-state index in [1.165, 1.54) is 34.0 Å². The van der Waals surface area contributed by atoms with Gasteiger partial charge in [-0.3, -0.25) is 14.9 Å². The third-order valence-electron chi connectivity index (χ3n) is 13.5. The predicted molar refractivity (Wildman–Crippen MR) is 217 cm³/mol. The van der Waals surface area contributed by atoms with Crippen LogP contribution in [0, 0.1) is 11.7 Å². The number of nitrogens with zero attached hydrogens (tertiary/aromatic N) is 2. The summed E-state index contributed by atoms with van der Waals surface area (Å²) in [5, 5.41) is 15.7. The van der Waals surface area contributed by atoms with E-state index in [9.17, 15) is 14.7 Å². The fraction of sp³-hybridized carbons (Fsp3) is 0.447. The molecular formula is C47H53FN4O4. The Hall–Kier alpha value is -4.73. The maximum atomic E-state index is 15.3. The molecule has 0 aromatic heterocycles. The standard InChI is InChI=1S/C47H53FN4O4/c48-42-27-36(49-43-16-17-44(54)50-46(43)55)9-14-39(42)33-18-22-51(23-19-33)29-31-28-47(56-30-31)20-24-52(25-21-47)37-10-6-34(7-11-37)45-40(32-4-2-1-3-5-32)13-8-35-26-38(53)12-15-41(35)45/h1-7,9-12,14-15,26-27,31,33,40,43,45,49,53H,8,13,16-25,28-30H2,(H,50,54,55)/t31?,40-,43+,45+/m0/s1. The molecule has 4 saturated heterocycles. The summed E-state index contributed by atoms with van der Waals surface area (Å²) < 4.78 is 21.9. The summed E-state index contributed by atoms with van der Waals surface area (Å²) in [5.41, 5.74) is 7.85. The molecule has 4 aliphatic heterocycles. The van der Waals surface area contributed by atoms with Gasteiger partial charge in [-0.2, -0.15) is 0 Å². The van der Waals surface area contributed by atoms with Crippen LogP contribution in [-0.4, -0.2) is 72.8 Å². The summed E-state index contributed by atoms with van der Waals surface area (Å²) in [6, 6.07) is 30.8.